The van der Waals surface area contributed by atoms with Gasteiger partial charge in [-0.25, -0.2) is 4.98 Å². The van der Waals surface area contributed by atoms with Crippen LogP contribution in [0.1, 0.15) is 26.7 Å². The average Bonchev–Trinajstić information content (AvgIpc) is 2.89. The van der Waals surface area contributed by atoms with Crippen molar-refractivity contribution in [2.75, 3.05) is 11.9 Å². The second-order valence-corrected chi connectivity index (χ2v) is 4.52. The number of rotatable bonds is 6. The van der Waals surface area contributed by atoms with Crippen LogP contribution in [0, 0.1) is 5.92 Å². The van der Waals surface area contributed by atoms with E-state index in [4.69, 9.17) is 0 Å². The van der Waals surface area contributed by atoms with E-state index in [-0.39, 0.29) is 0 Å². The molecule has 18 heavy (non-hydrogen) atoms. The summed E-state index contributed by atoms with van der Waals surface area (Å²) >= 11 is 0. The van der Waals surface area contributed by atoms with Crippen LogP contribution in [0.25, 0.3) is 5.69 Å². The molecule has 0 aliphatic rings. The molecule has 0 bridgehead atoms. The Morgan fingerprint density at radius 3 is 2.56 bits per heavy atom. The lowest BCUT2D eigenvalue weighted by molar-refractivity contribution is 0.517. The van der Waals surface area contributed by atoms with E-state index in [1.165, 1.54) is 12.8 Å². The summed E-state index contributed by atoms with van der Waals surface area (Å²) < 4.78 is 2.09. The van der Waals surface area contributed by atoms with Gasteiger partial charge in [0, 0.05) is 24.6 Å². The number of nitrogens with zero attached hydrogens (tertiary/aromatic N) is 2. The molecule has 0 unspecified atom stereocenters. The van der Waals surface area contributed by atoms with Gasteiger partial charge in [-0.05, 0) is 18.1 Å². The number of para-hydroxylation sites is 1. The number of nitrogens with one attached hydrogen (secondary N) is 1. The number of aromatic nitrogens is 2. The Bertz CT molecular complexity index is 458. The summed E-state index contributed by atoms with van der Waals surface area (Å²) in [5, 5.41) is 3.45. The highest BCUT2D eigenvalue weighted by atomic mass is 15.2. The summed E-state index contributed by atoms with van der Waals surface area (Å²) in [4.78, 5) is 4.38. The van der Waals surface area contributed by atoms with Crippen molar-refractivity contribution >= 4 is 5.95 Å². The Morgan fingerprint density at radius 1 is 1.17 bits per heavy atom. The van der Waals surface area contributed by atoms with Gasteiger partial charge in [0.1, 0.15) is 0 Å². The van der Waals surface area contributed by atoms with Gasteiger partial charge in [0.2, 0.25) is 5.95 Å². The van der Waals surface area contributed by atoms with Crippen molar-refractivity contribution in [2.24, 2.45) is 5.92 Å². The number of anilines is 1. The van der Waals surface area contributed by atoms with Gasteiger partial charge in [0.25, 0.3) is 0 Å². The average molecular weight is 243 g/mol. The van der Waals surface area contributed by atoms with E-state index in [1.54, 1.807) is 0 Å². The number of benzene rings is 1. The third-order valence-corrected chi connectivity index (χ3v) is 3.38. The minimum atomic E-state index is 0.714. The number of imidazole rings is 1. The van der Waals surface area contributed by atoms with Gasteiger partial charge in [-0.1, -0.05) is 44.9 Å². The van der Waals surface area contributed by atoms with Gasteiger partial charge in [-0.15, -0.1) is 0 Å². The molecule has 3 heteroatoms. The van der Waals surface area contributed by atoms with Gasteiger partial charge in [0.15, 0.2) is 0 Å². The van der Waals surface area contributed by atoms with E-state index < -0.39 is 0 Å². The van der Waals surface area contributed by atoms with E-state index in [9.17, 15) is 0 Å². The monoisotopic (exact) mass is 243 g/mol. The van der Waals surface area contributed by atoms with Crippen LogP contribution >= 0.6 is 0 Å². The van der Waals surface area contributed by atoms with Crippen molar-refractivity contribution in [2.45, 2.75) is 26.7 Å². The van der Waals surface area contributed by atoms with Gasteiger partial charge >= 0.3 is 0 Å². The molecule has 0 atom stereocenters. The number of hydrogen-bond donors (Lipinski definition) is 1. The van der Waals surface area contributed by atoms with Crippen LogP contribution in [0.2, 0.25) is 0 Å². The Labute approximate surface area is 109 Å². The second kappa shape index (κ2) is 6.24. The van der Waals surface area contributed by atoms with Crippen molar-refractivity contribution in [1.82, 2.24) is 9.55 Å². The van der Waals surface area contributed by atoms with Crippen LogP contribution in [0.4, 0.5) is 5.95 Å². The molecule has 0 saturated heterocycles. The lowest BCUT2D eigenvalue weighted by Crippen LogP contribution is -2.15. The molecule has 0 radical (unpaired) electrons. The van der Waals surface area contributed by atoms with Crippen molar-refractivity contribution < 1.29 is 0 Å². The maximum absolute atomic E-state index is 4.38. The highest BCUT2D eigenvalue weighted by Crippen LogP contribution is 2.15. The summed E-state index contributed by atoms with van der Waals surface area (Å²) in [7, 11) is 0. The van der Waals surface area contributed by atoms with Gasteiger partial charge in [0.05, 0.1) is 0 Å². The quantitative estimate of drug-likeness (QED) is 0.838. The first kappa shape index (κ1) is 12.7. The lowest BCUT2D eigenvalue weighted by Gasteiger charge is -2.15. The molecular formula is C15H21N3. The molecule has 0 spiro atoms. The van der Waals surface area contributed by atoms with Crippen LogP contribution in [-0.4, -0.2) is 16.1 Å². The zero-order chi connectivity index (χ0) is 12.8. The first-order chi connectivity index (χ1) is 8.85. The van der Waals surface area contributed by atoms with E-state index >= 15 is 0 Å². The molecular weight excluding hydrogens is 222 g/mol. The Morgan fingerprint density at radius 2 is 1.89 bits per heavy atom. The zero-order valence-corrected chi connectivity index (χ0v) is 11.1. The van der Waals surface area contributed by atoms with Crippen LogP contribution in [0.3, 0.4) is 0 Å². The molecule has 0 aliphatic carbocycles. The van der Waals surface area contributed by atoms with Gasteiger partial charge in [-0.2, -0.15) is 0 Å². The first-order valence-corrected chi connectivity index (χ1v) is 6.67. The Hall–Kier alpha value is -1.77. The molecule has 2 aromatic rings. The standard InChI is InChI=1S/C15H21N3/c1-3-13(4-2)12-17-15-16-10-11-18(15)14-8-6-5-7-9-14/h5-11,13H,3-4,12H2,1-2H3,(H,16,17). The molecule has 1 aromatic heterocycles. The van der Waals surface area contributed by atoms with Crippen LogP contribution in [0.5, 0.6) is 0 Å². The van der Waals surface area contributed by atoms with E-state index in [1.807, 2.05) is 30.6 Å². The second-order valence-electron chi connectivity index (χ2n) is 4.52. The van der Waals surface area contributed by atoms with Crippen LogP contribution in [0.15, 0.2) is 42.7 Å². The van der Waals surface area contributed by atoms with E-state index in [0.29, 0.717) is 5.92 Å². The SMILES string of the molecule is CCC(CC)CNc1nccn1-c1ccccc1. The van der Waals surface area contributed by atoms with E-state index in [2.05, 4.69) is 40.8 Å². The Kier molecular flexibility index (Phi) is 4.40. The van der Waals surface area contributed by atoms with Crippen molar-refractivity contribution in [3.05, 3.63) is 42.7 Å². The first-order valence-electron chi connectivity index (χ1n) is 6.67. The van der Waals surface area contributed by atoms with Gasteiger partial charge < -0.3 is 5.32 Å². The van der Waals surface area contributed by atoms with E-state index in [0.717, 1.165) is 18.2 Å². The molecule has 96 valence electrons. The molecule has 0 fully saturated rings. The smallest absolute Gasteiger partial charge is 0.207 e. The molecule has 1 heterocycles. The van der Waals surface area contributed by atoms with Crippen molar-refractivity contribution in [3.63, 3.8) is 0 Å². The van der Waals surface area contributed by atoms with Crippen LogP contribution < -0.4 is 5.32 Å². The minimum absolute atomic E-state index is 0.714. The highest BCUT2D eigenvalue weighted by Gasteiger charge is 2.07. The summed E-state index contributed by atoms with van der Waals surface area (Å²) in [5.74, 6) is 1.64. The third kappa shape index (κ3) is 2.92. The molecule has 2 rings (SSSR count). The lowest BCUT2D eigenvalue weighted by atomic mass is 10.0. The summed E-state index contributed by atoms with van der Waals surface area (Å²) in [6.07, 6.45) is 6.23. The van der Waals surface area contributed by atoms with Crippen molar-refractivity contribution in [1.29, 1.82) is 0 Å². The molecule has 1 N–H and O–H groups in total. The largest absolute Gasteiger partial charge is 0.355 e. The third-order valence-electron chi connectivity index (χ3n) is 3.38. The molecule has 0 amide bonds. The minimum Gasteiger partial charge on any atom is -0.355 e. The maximum atomic E-state index is 4.38. The predicted octanol–water partition coefficient (Wildman–Crippen LogP) is 3.72. The van der Waals surface area contributed by atoms with Crippen LogP contribution in [-0.2, 0) is 0 Å². The zero-order valence-electron chi connectivity index (χ0n) is 11.1. The molecule has 3 nitrogen and oxygen atoms in total. The molecule has 0 saturated carbocycles. The topological polar surface area (TPSA) is 29.9 Å². The maximum Gasteiger partial charge on any atom is 0.207 e. The Balaban J connectivity index is 2.09. The van der Waals surface area contributed by atoms with Crippen molar-refractivity contribution in [3.8, 4) is 5.69 Å². The fourth-order valence-electron chi connectivity index (χ4n) is 2.04. The summed E-state index contributed by atoms with van der Waals surface area (Å²) in [5.41, 5.74) is 1.14. The fourth-order valence-corrected chi connectivity index (χ4v) is 2.04. The summed E-state index contributed by atoms with van der Waals surface area (Å²) in [6.45, 7) is 5.45. The normalized spacial score (nSPS) is 10.8. The fraction of sp³-hybridized carbons (Fsp3) is 0.400. The van der Waals surface area contributed by atoms with Gasteiger partial charge in [-0.3, -0.25) is 4.57 Å². The molecule has 1 aromatic carbocycles. The highest BCUT2D eigenvalue weighted by molar-refractivity contribution is 5.41. The summed E-state index contributed by atoms with van der Waals surface area (Å²) in [6, 6.07) is 10.3. The predicted molar refractivity (Wildman–Crippen MR) is 76.1 cm³/mol. The number of hydrogen-bond acceptors (Lipinski definition) is 2. The molecule has 0 aliphatic heterocycles.